The fraction of sp³-hybridized carbons (Fsp3) is 0.125. The SMILES string of the molecule is CNS(=O)(=O)Nc1cccc(C(=O)O)c1. The van der Waals surface area contributed by atoms with Crippen LogP contribution in [0.1, 0.15) is 10.4 Å². The van der Waals surface area contributed by atoms with E-state index in [9.17, 15) is 13.2 Å². The maximum atomic E-state index is 11.1. The Labute approximate surface area is 87.1 Å². The highest BCUT2D eigenvalue weighted by Crippen LogP contribution is 2.11. The molecule has 6 nitrogen and oxygen atoms in total. The van der Waals surface area contributed by atoms with E-state index in [-0.39, 0.29) is 11.3 Å². The van der Waals surface area contributed by atoms with Crippen LogP contribution in [0.25, 0.3) is 0 Å². The molecule has 0 aliphatic rings. The van der Waals surface area contributed by atoms with Crippen molar-refractivity contribution in [2.45, 2.75) is 0 Å². The van der Waals surface area contributed by atoms with Gasteiger partial charge in [-0.1, -0.05) is 6.07 Å². The molecule has 0 spiro atoms. The third-order valence-corrected chi connectivity index (χ3v) is 2.67. The van der Waals surface area contributed by atoms with Gasteiger partial charge in [-0.05, 0) is 18.2 Å². The highest BCUT2D eigenvalue weighted by Gasteiger charge is 2.08. The Morgan fingerprint density at radius 3 is 2.60 bits per heavy atom. The zero-order valence-electron chi connectivity index (χ0n) is 7.89. The van der Waals surface area contributed by atoms with Crippen LogP contribution < -0.4 is 9.44 Å². The van der Waals surface area contributed by atoms with Gasteiger partial charge in [0.25, 0.3) is 10.2 Å². The molecule has 0 amide bonds. The van der Waals surface area contributed by atoms with Gasteiger partial charge in [-0.15, -0.1) is 0 Å². The summed E-state index contributed by atoms with van der Waals surface area (Å²) in [6, 6.07) is 5.52. The molecule has 82 valence electrons. The van der Waals surface area contributed by atoms with Crippen LogP contribution in [0.4, 0.5) is 5.69 Å². The van der Waals surface area contributed by atoms with E-state index in [1.54, 1.807) is 0 Å². The number of hydrogen-bond acceptors (Lipinski definition) is 3. The van der Waals surface area contributed by atoms with E-state index in [0.717, 1.165) is 0 Å². The van der Waals surface area contributed by atoms with Crippen molar-refractivity contribution in [2.75, 3.05) is 11.8 Å². The minimum absolute atomic E-state index is 0.0197. The lowest BCUT2D eigenvalue weighted by Gasteiger charge is -2.06. The van der Waals surface area contributed by atoms with E-state index in [2.05, 4.69) is 9.44 Å². The van der Waals surface area contributed by atoms with Gasteiger partial charge in [0, 0.05) is 7.05 Å². The Balaban J connectivity index is 2.97. The summed E-state index contributed by atoms with van der Waals surface area (Å²) in [5, 5.41) is 8.67. The van der Waals surface area contributed by atoms with Gasteiger partial charge < -0.3 is 5.11 Å². The molecule has 0 aliphatic heterocycles. The highest BCUT2D eigenvalue weighted by atomic mass is 32.2. The zero-order valence-corrected chi connectivity index (χ0v) is 8.71. The van der Waals surface area contributed by atoms with Crippen LogP contribution >= 0.6 is 0 Å². The largest absolute Gasteiger partial charge is 0.478 e. The fourth-order valence-corrected chi connectivity index (χ4v) is 1.46. The van der Waals surface area contributed by atoms with Gasteiger partial charge in [0.05, 0.1) is 11.3 Å². The number of anilines is 1. The van der Waals surface area contributed by atoms with Gasteiger partial charge in [-0.2, -0.15) is 8.42 Å². The first kappa shape index (κ1) is 11.5. The maximum Gasteiger partial charge on any atom is 0.335 e. The monoisotopic (exact) mass is 230 g/mol. The lowest BCUT2D eigenvalue weighted by atomic mass is 10.2. The van der Waals surface area contributed by atoms with Gasteiger partial charge in [-0.25, -0.2) is 9.52 Å². The van der Waals surface area contributed by atoms with E-state index in [1.807, 2.05) is 0 Å². The van der Waals surface area contributed by atoms with Crippen molar-refractivity contribution in [2.24, 2.45) is 0 Å². The normalized spacial score (nSPS) is 11.0. The first-order chi connectivity index (χ1) is 6.94. The van der Waals surface area contributed by atoms with Crippen LogP contribution in [-0.4, -0.2) is 26.5 Å². The first-order valence-electron chi connectivity index (χ1n) is 3.99. The molecule has 0 radical (unpaired) electrons. The van der Waals surface area contributed by atoms with Crippen molar-refractivity contribution in [3.63, 3.8) is 0 Å². The van der Waals surface area contributed by atoms with Crippen molar-refractivity contribution >= 4 is 21.9 Å². The summed E-state index contributed by atoms with van der Waals surface area (Å²) in [4.78, 5) is 10.6. The van der Waals surface area contributed by atoms with Gasteiger partial charge >= 0.3 is 5.97 Å². The van der Waals surface area contributed by atoms with Crippen molar-refractivity contribution in [3.05, 3.63) is 29.8 Å². The molecule has 1 aromatic carbocycles. The Morgan fingerprint density at radius 1 is 1.40 bits per heavy atom. The Bertz CT molecular complexity index is 469. The van der Waals surface area contributed by atoms with Crippen LogP contribution in [0.15, 0.2) is 24.3 Å². The number of benzene rings is 1. The zero-order chi connectivity index (χ0) is 11.5. The number of hydrogen-bond donors (Lipinski definition) is 3. The number of rotatable bonds is 4. The average Bonchev–Trinajstić information content (AvgIpc) is 2.17. The summed E-state index contributed by atoms with van der Waals surface area (Å²) in [7, 11) is -2.35. The molecule has 0 heterocycles. The molecule has 15 heavy (non-hydrogen) atoms. The van der Waals surface area contributed by atoms with Gasteiger partial charge in [0.1, 0.15) is 0 Å². The summed E-state index contributed by atoms with van der Waals surface area (Å²) in [5.74, 6) is -1.11. The minimum atomic E-state index is -3.61. The van der Waals surface area contributed by atoms with E-state index >= 15 is 0 Å². The van der Waals surface area contributed by atoms with Crippen LogP contribution in [-0.2, 0) is 10.2 Å². The number of nitrogens with one attached hydrogen (secondary N) is 2. The van der Waals surface area contributed by atoms with Gasteiger partial charge in [-0.3, -0.25) is 4.72 Å². The molecule has 1 aromatic rings. The molecule has 7 heteroatoms. The van der Waals surface area contributed by atoms with E-state index in [0.29, 0.717) is 0 Å². The van der Waals surface area contributed by atoms with E-state index in [1.165, 1.54) is 31.3 Å². The number of carboxylic acid groups (broad SMARTS) is 1. The molecule has 0 saturated heterocycles. The van der Waals surface area contributed by atoms with Crippen molar-refractivity contribution in [1.82, 2.24) is 4.72 Å². The number of carboxylic acids is 1. The molecule has 0 unspecified atom stereocenters. The quantitative estimate of drug-likeness (QED) is 0.691. The van der Waals surface area contributed by atoms with Crippen LogP contribution in [0.5, 0.6) is 0 Å². The molecular formula is C8H10N2O4S. The van der Waals surface area contributed by atoms with Crippen molar-refractivity contribution in [3.8, 4) is 0 Å². The van der Waals surface area contributed by atoms with Gasteiger partial charge in [0.2, 0.25) is 0 Å². The Kier molecular flexibility index (Phi) is 3.28. The third-order valence-electron chi connectivity index (χ3n) is 1.63. The molecule has 3 N–H and O–H groups in total. The van der Waals surface area contributed by atoms with Crippen molar-refractivity contribution in [1.29, 1.82) is 0 Å². The Morgan fingerprint density at radius 2 is 2.07 bits per heavy atom. The summed E-state index contributed by atoms with van der Waals surface area (Å²) in [6.07, 6.45) is 0. The smallest absolute Gasteiger partial charge is 0.335 e. The number of carbonyl (C=O) groups is 1. The predicted octanol–water partition coefficient (Wildman–Crippen LogP) is 0.261. The summed E-state index contributed by atoms with van der Waals surface area (Å²) >= 11 is 0. The number of aromatic carboxylic acids is 1. The minimum Gasteiger partial charge on any atom is -0.478 e. The molecule has 0 saturated carbocycles. The molecule has 1 rings (SSSR count). The molecule has 0 bridgehead atoms. The second kappa shape index (κ2) is 4.28. The van der Waals surface area contributed by atoms with Crippen LogP contribution in [0.2, 0.25) is 0 Å². The fourth-order valence-electron chi connectivity index (χ4n) is 0.922. The molecule has 0 aliphatic carbocycles. The maximum absolute atomic E-state index is 11.1. The van der Waals surface area contributed by atoms with E-state index < -0.39 is 16.2 Å². The predicted molar refractivity (Wildman–Crippen MR) is 55.0 cm³/mol. The second-order valence-corrected chi connectivity index (χ2v) is 4.31. The molecule has 0 fully saturated rings. The molecular weight excluding hydrogens is 220 g/mol. The first-order valence-corrected chi connectivity index (χ1v) is 5.47. The summed E-state index contributed by atoms with van der Waals surface area (Å²) in [6.45, 7) is 0. The standard InChI is InChI=1S/C8H10N2O4S/c1-9-15(13,14)10-7-4-2-3-6(5-7)8(11)12/h2-5,9-10H,1H3,(H,11,12). The molecule has 0 aromatic heterocycles. The lowest BCUT2D eigenvalue weighted by molar-refractivity contribution is 0.0697. The molecule has 0 atom stereocenters. The summed E-state index contributed by atoms with van der Waals surface area (Å²) < 4.78 is 26.4. The van der Waals surface area contributed by atoms with Crippen LogP contribution in [0.3, 0.4) is 0 Å². The topological polar surface area (TPSA) is 95.5 Å². The van der Waals surface area contributed by atoms with Crippen LogP contribution in [0, 0.1) is 0 Å². The average molecular weight is 230 g/mol. The second-order valence-electron chi connectivity index (χ2n) is 2.70. The summed E-state index contributed by atoms with van der Waals surface area (Å²) in [5.41, 5.74) is 0.218. The van der Waals surface area contributed by atoms with Gasteiger partial charge in [0.15, 0.2) is 0 Å². The lowest BCUT2D eigenvalue weighted by Crippen LogP contribution is -2.26. The Hall–Kier alpha value is -1.60. The third kappa shape index (κ3) is 3.22. The highest BCUT2D eigenvalue weighted by molar-refractivity contribution is 7.90. The van der Waals surface area contributed by atoms with Crippen molar-refractivity contribution < 1.29 is 18.3 Å². The van der Waals surface area contributed by atoms with E-state index in [4.69, 9.17) is 5.11 Å².